The number of ketones is 3. The largest absolute Gasteiger partial charge is 0.481 e. The number of amides is 1. The molecule has 0 aliphatic heterocycles. The molecule has 2 unspecified atom stereocenters. The van der Waals surface area contributed by atoms with Crippen LogP contribution in [0.2, 0.25) is 0 Å². The molecule has 0 radical (unpaired) electrons. The van der Waals surface area contributed by atoms with Gasteiger partial charge in [-0.3, -0.25) is 28.7 Å². The molecular formula is C35H65N3O12S. The number of hydrogen-bond acceptors (Lipinski definition) is 13. The van der Waals surface area contributed by atoms with Gasteiger partial charge in [0.15, 0.2) is 17.3 Å². The third-order valence-electron chi connectivity index (χ3n) is 8.24. The quantitative estimate of drug-likeness (QED) is 0.0775. The van der Waals surface area contributed by atoms with E-state index in [0.29, 0.717) is 39.5 Å². The van der Waals surface area contributed by atoms with E-state index in [4.69, 9.17) is 18.9 Å². The molecule has 1 amide bonds. The molecule has 0 saturated carbocycles. The molecule has 0 saturated heterocycles. The van der Waals surface area contributed by atoms with Crippen LogP contribution in [0.4, 0.5) is 0 Å². The molecule has 16 heteroatoms. The first-order valence-electron chi connectivity index (χ1n) is 17.4. The number of carboxylic acid groups (broad SMARTS) is 1. The Hall–Kier alpha value is -2.34. The maximum Gasteiger partial charge on any atom is 0.309 e. The summed E-state index contributed by atoms with van der Waals surface area (Å²) in [6.45, 7) is 20.5. The number of carbonyl (C=O) groups excluding carboxylic acids is 4. The Morgan fingerprint density at radius 3 is 1.75 bits per heavy atom. The predicted molar refractivity (Wildman–Crippen MR) is 193 cm³/mol. The van der Waals surface area contributed by atoms with Crippen molar-refractivity contribution in [3.8, 4) is 0 Å². The topological polar surface area (TPSA) is 213 Å². The van der Waals surface area contributed by atoms with Crippen LogP contribution >= 0.6 is 0 Å². The average Bonchev–Trinajstić information content (AvgIpc) is 2.97. The number of carbonyl (C=O) groups is 5. The van der Waals surface area contributed by atoms with E-state index in [1.165, 1.54) is 34.6 Å². The molecule has 0 aromatic rings. The first-order chi connectivity index (χ1) is 23.3. The molecule has 298 valence electrons. The molecule has 0 bridgehead atoms. The molecule has 0 rings (SSSR count). The van der Waals surface area contributed by atoms with Crippen molar-refractivity contribution in [1.29, 1.82) is 0 Å². The van der Waals surface area contributed by atoms with Crippen LogP contribution in [0.3, 0.4) is 0 Å². The van der Waals surface area contributed by atoms with Gasteiger partial charge in [-0.1, -0.05) is 34.6 Å². The minimum absolute atomic E-state index is 0.0459. The third-order valence-corrected chi connectivity index (χ3v) is 9.74. The summed E-state index contributed by atoms with van der Waals surface area (Å²) in [5, 5.41) is 15.7. The lowest BCUT2D eigenvalue weighted by Gasteiger charge is -2.31. The van der Waals surface area contributed by atoms with Crippen molar-refractivity contribution in [1.82, 2.24) is 15.4 Å². The van der Waals surface area contributed by atoms with Crippen molar-refractivity contribution in [2.45, 2.75) is 101 Å². The van der Waals surface area contributed by atoms with Gasteiger partial charge in [-0.2, -0.15) is 0 Å². The lowest BCUT2D eigenvalue weighted by atomic mass is 9.75. The summed E-state index contributed by atoms with van der Waals surface area (Å²) in [6, 6.07) is -0.528. The summed E-state index contributed by atoms with van der Waals surface area (Å²) in [7, 11) is -4.05. The number of carboxylic acids is 1. The second-order valence-corrected chi connectivity index (χ2v) is 17.5. The lowest BCUT2D eigenvalue weighted by molar-refractivity contribution is -0.149. The van der Waals surface area contributed by atoms with Crippen LogP contribution in [-0.2, 0) is 52.9 Å². The van der Waals surface area contributed by atoms with Crippen LogP contribution in [0, 0.1) is 22.2 Å². The van der Waals surface area contributed by atoms with Crippen LogP contribution in [-0.4, -0.2) is 126 Å². The van der Waals surface area contributed by atoms with Crippen molar-refractivity contribution < 1.29 is 56.4 Å². The Morgan fingerprint density at radius 2 is 1.22 bits per heavy atom. The summed E-state index contributed by atoms with van der Waals surface area (Å²) < 4.78 is 49.3. The van der Waals surface area contributed by atoms with E-state index in [2.05, 4.69) is 15.4 Å². The van der Waals surface area contributed by atoms with Gasteiger partial charge in [0.25, 0.3) is 0 Å². The van der Waals surface area contributed by atoms with Gasteiger partial charge in [-0.05, 0) is 60.3 Å². The number of Topliss-reactive ketones (excluding diaryl/α,β-unsaturated/α-hetero) is 3. The Bertz CT molecular complexity index is 1250. The third kappa shape index (κ3) is 20.5. The molecule has 51 heavy (non-hydrogen) atoms. The maximum atomic E-state index is 13.2. The highest BCUT2D eigenvalue weighted by Gasteiger charge is 2.41. The Balaban J connectivity index is 4.44. The van der Waals surface area contributed by atoms with Crippen molar-refractivity contribution in [3.05, 3.63) is 0 Å². The summed E-state index contributed by atoms with van der Waals surface area (Å²) in [6.07, 6.45) is 0.199. The van der Waals surface area contributed by atoms with E-state index in [0.717, 1.165) is 0 Å². The second kappa shape index (κ2) is 22.0. The number of nitrogens with one attached hydrogen (secondary N) is 3. The molecule has 0 aliphatic carbocycles. The van der Waals surface area contributed by atoms with Crippen LogP contribution in [0.15, 0.2) is 0 Å². The highest BCUT2D eigenvalue weighted by atomic mass is 32.2. The summed E-state index contributed by atoms with van der Waals surface area (Å²) in [5.41, 5.74) is -4.14. The van der Waals surface area contributed by atoms with Gasteiger partial charge in [-0.15, -0.1) is 0 Å². The van der Waals surface area contributed by atoms with E-state index in [-0.39, 0.29) is 62.4 Å². The van der Waals surface area contributed by atoms with Crippen molar-refractivity contribution >= 4 is 39.2 Å². The zero-order valence-electron chi connectivity index (χ0n) is 32.7. The fraction of sp³-hybridized carbons (Fsp3) is 0.857. The van der Waals surface area contributed by atoms with Gasteiger partial charge in [0.2, 0.25) is 15.9 Å². The Morgan fingerprint density at radius 1 is 0.706 bits per heavy atom. The number of hydrogen-bond donors (Lipinski definition) is 4. The number of aliphatic carboxylic acids is 1. The maximum absolute atomic E-state index is 13.2. The number of rotatable bonds is 30. The van der Waals surface area contributed by atoms with Gasteiger partial charge in [0.05, 0.1) is 62.4 Å². The molecule has 4 N–H and O–H groups in total. The molecule has 0 heterocycles. The lowest BCUT2D eigenvalue weighted by Crippen LogP contribution is -2.49. The SMILES string of the molecule is CC(=O)COCCOCCNC(C)(C)C(=O)COCCOCCNC(C)C(=O)C(C)(C)CC(C)CS(=O)(=O)NC(=O)C(C)(C)CC(C)(C)C(=O)O. The zero-order chi connectivity index (χ0) is 39.7. The first-order valence-corrected chi connectivity index (χ1v) is 19.1. The van der Waals surface area contributed by atoms with Crippen LogP contribution in [0.5, 0.6) is 0 Å². The molecule has 0 spiro atoms. The summed E-state index contributed by atoms with van der Waals surface area (Å²) in [5.74, 6) is -2.96. The Kier molecular flexibility index (Phi) is 21.0. The molecule has 0 aromatic heterocycles. The highest BCUT2D eigenvalue weighted by Crippen LogP contribution is 2.34. The van der Waals surface area contributed by atoms with Crippen molar-refractivity contribution in [2.24, 2.45) is 22.2 Å². The summed E-state index contributed by atoms with van der Waals surface area (Å²) in [4.78, 5) is 60.9. The monoisotopic (exact) mass is 751 g/mol. The minimum Gasteiger partial charge on any atom is -0.481 e. The van der Waals surface area contributed by atoms with E-state index in [1.807, 2.05) is 0 Å². The van der Waals surface area contributed by atoms with Crippen LogP contribution in [0.25, 0.3) is 0 Å². The predicted octanol–water partition coefficient (Wildman–Crippen LogP) is 2.15. The molecular weight excluding hydrogens is 686 g/mol. The normalized spacial score (nSPS) is 14.2. The fourth-order valence-corrected chi connectivity index (χ4v) is 7.06. The van der Waals surface area contributed by atoms with E-state index in [1.54, 1.807) is 41.5 Å². The summed E-state index contributed by atoms with van der Waals surface area (Å²) >= 11 is 0. The fourth-order valence-electron chi connectivity index (χ4n) is 5.55. The molecule has 0 fully saturated rings. The molecule has 2 atom stereocenters. The van der Waals surface area contributed by atoms with Gasteiger partial charge >= 0.3 is 5.97 Å². The van der Waals surface area contributed by atoms with Crippen LogP contribution in [0.1, 0.15) is 89.0 Å². The van der Waals surface area contributed by atoms with E-state index < -0.39 is 55.6 Å². The Labute approximate surface area is 305 Å². The molecule has 15 nitrogen and oxygen atoms in total. The van der Waals surface area contributed by atoms with Crippen LogP contribution < -0.4 is 15.4 Å². The number of sulfonamides is 1. The zero-order valence-corrected chi connectivity index (χ0v) is 33.5. The smallest absolute Gasteiger partial charge is 0.309 e. The minimum atomic E-state index is -4.05. The molecule has 0 aliphatic rings. The van der Waals surface area contributed by atoms with Crippen molar-refractivity contribution in [2.75, 3.05) is 71.7 Å². The van der Waals surface area contributed by atoms with E-state index >= 15 is 0 Å². The van der Waals surface area contributed by atoms with Crippen molar-refractivity contribution in [3.63, 3.8) is 0 Å². The van der Waals surface area contributed by atoms with E-state index in [9.17, 15) is 37.5 Å². The van der Waals surface area contributed by atoms with Gasteiger partial charge in [0, 0.05) is 23.9 Å². The van der Waals surface area contributed by atoms with Gasteiger partial charge in [-0.25, -0.2) is 8.42 Å². The second-order valence-electron chi connectivity index (χ2n) is 15.7. The van der Waals surface area contributed by atoms with Gasteiger partial charge < -0.3 is 34.7 Å². The first kappa shape index (κ1) is 48.7. The standard InChI is InChI=1S/C35H65N3O12S/c1-25(23-51(45,46)38-30(42)33(6,7)24-34(8,9)31(43)44)20-32(4,5)29(41)27(3)36-12-14-47-17-19-50-22-28(40)35(10,11)37-13-15-48-16-18-49-21-26(2)39/h25,27,36-37H,12-24H2,1-11H3,(H,38,42)(H,43,44). The molecule has 0 aromatic carbocycles. The highest BCUT2D eigenvalue weighted by molar-refractivity contribution is 7.90. The van der Waals surface area contributed by atoms with Gasteiger partial charge in [0.1, 0.15) is 13.2 Å². The average molecular weight is 752 g/mol. The number of ether oxygens (including phenoxy) is 4.